The molecule has 4 heterocycles. The molecule has 0 aliphatic rings. The van der Waals surface area contributed by atoms with Gasteiger partial charge in [0.1, 0.15) is 5.75 Å². The third-order valence-corrected chi connectivity index (χ3v) is 5.59. The van der Waals surface area contributed by atoms with Crippen LogP contribution in [0, 0.1) is 6.92 Å². The number of methoxy groups -OCH3 is 1. The molecule has 10 nitrogen and oxygen atoms in total. The first kappa shape index (κ1) is 17.5. The largest absolute Gasteiger partial charge is 0.497 e. The lowest BCUT2D eigenvalue weighted by Gasteiger charge is -2.09. The molecule has 0 saturated carbocycles. The highest BCUT2D eigenvalue weighted by Crippen LogP contribution is 2.29. The van der Waals surface area contributed by atoms with Crippen molar-refractivity contribution in [3.05, 3.63) is 51.9 Å². The van der Waals surface area contributed by atoms with E-state index in [-0.39, 0.29) is 17.3 Å². The zero-order valence-corrected chi connectivity index (χ0v) is 16.4. The number of ether oxygens (including phenoxy) is 1. The first-order valence-electron chi connectivity index (χ1n) is 8.73. The number of nitrogens with one attached hydrogen (secondary N) is 1. The summed E-state index contributed by atoms with van der Waals surface area (Å²) in [5.41, 5.74) is 8.72. The lowest BCUT2D eigenvalue weighted by atomic mass is 10.1. The number of nitrogen functional groups attached to an aromatic ring is 1. The number of anilines is 1. The molecule has 4 aromatic heterocycles. The normalized spacial score (nSPS) is 11.7. The summed E-state index contributed by atoms with van der Waals surface area (Å²) in [7, 11) is 1.64. The lowest BCUT2D eigenvalue weighted by molar-refractivity contribution is 0.415. The van der Waals surface area contributed by atoms with Gasteiger partial charge in [-0.25, -0.2) is 4.98 Å². The number of pyridine rings is 1. The molecular weight excluding hydrogens is 392 g/mol. The van der Waals surface area contributed by atoms with Crippen molar-refractivity contribution in [2.24, 2.45) is 0 Å². The number of thioether (sulfide) groups is 1. The van der Waals surface area contributed by atoms with E-state index in [4.69, 9.17) is 10.5 Å². The molecule has 3 N–H and O–H groups in total. The van der Waals surface area contributed by atoms with E-state index in [1.54, 1.807) is 7.11 Å². The summed E-state index contributed by atoms with van der Waals surface area (Å²) in [5.74, 6) is 1.56. The van der Waals surface area contributed by atoms with E-state index in [9.17, 15) is 4.79 Å². The third kappa shape index (κ3) is 2.86. The number of benzene rings is 1. The van der Waals surface area contributed by atoms with Gasteiger partial charge in [0.2, 0.25) is 5.95 Å². The van der Waals surface area contributed by atoms with E-state index in [0.717, 1.165) is 27.9 Å². The van der Waals surface area contributed by atoms with Crippen molar-refractivity contribution in [1.82, 2.24) is 34.2 Å². The molecule has 5 rings (SSSR count). The Labute approximate surface area is 167 Å². The number of H-pyrrole nitrogens is 1. The number of fused-ring (bicyclic) bond motifs is 4. The van der Waals surface area contributed by atoms with Crippen molar-refractivity contribution in [2.75, 3.05) is 12.8 Å². The number of aryl methyl sites for hydroxylation is 1. The fraction of sp³-hybridized carbons (Fsp3) is 0.167. The molecule has 29 heavy (non-hydrogen) atoms. The number of aromatic amines is 1. The number of nitrogens with zero attached hydrogens (tertiary/aromatic N) is 6. The molecular formula is C18H16N8O2S. The summed E-state index contributed by atoms with van der Waals surface area (Å²) in [5, 5.41) is 13.1. The van der Waals surface area contributed by atoms with Crippen molar-refractivity contribution in [1.29, 1.82) is 0 Å². The number of nitrogens with two attached hydrogens (primary N) is 1. The predicted octanol–water partition coefficient (Wildman–Crippen LogP) is 1.81. The molecule has 0 atom stereocenters. The monoisotopic (exact) mass is 408 g/mol. The van der Waals surface area contributed by atoms with E-state index in [0.29, 0.717) is 16.6 Å². The second kappa shape index (κ2) is 6.48. The summed E-state index contributed by atoms with van der Waals surface area (Å²) in [4.78, 5) is 20.6. The molecule has 0 aliphatic carbocycles. The highest BCUT2D eigenvalue weighted by Gasteiger charge is 2.14. The van der Waals surface area contributed by atoms with Crippen molar-refractivity contribution in [2.45, 2.75) is 17.8 Å². The van der Waals surface area contributed by atoms with E-state index in [1.807, 2.05) is 35.6 Å². The highest BCUT2D eigenvalue weighted by molar-refractivity contribution is 7.98. The van der Waals surface area contributed by atoms with E-state index in [2.05, 4.69) is 25.3 Å². The maximum absolute atomic E-state index is 12.2. The summed E-state index contributed by atoms with van der Waals surface area (Å²) >= 11 is 1.44. The predicted molar refractivity (Wildman–Crippen MR) is 109 cm³/mol. The fourth-order valence-corrected chi connectivity index (χ4v) is 4.12. The Hall–Kier alpha value is -3.60. The molecule has 1 aromatic carbocycles. The van der Waals surface area contributed by atoms with Crippen LogP contribution in [0.3, 0.4) is 0 Å². The Morgan fingerprint density at radius 3 is 2.90 bits per heavy atom. The van der Waals surface area contributed by atoms with Gasteiger partial charge in [-0.15, -0.1) is 10.2 Å². The van der Waals surface area contributed by atoms with E-state index >= 15 is 0 Å². The van der Waals surface area contributed by atoms with Gasteiger partial charge in [-0.1, -0.05) is 11.8 Å². The second-order valence-electron chi connectivity index (χ2n) is 6.51. The maximum atomic E-state index is 12.2. The Bertz CT molecular complexity index is 1450. The highest BCUT2D eigenvalue weighted by atomic mass is 32.2. The Morgan fingerprint density at radius 2 is 2.07 bits per heavy atom. The number of hydrogen-bond acceptors (Lipinski definition) is 8. The van der Waals surface area contributed by atoms with Gasteiger partial charge in [-0.05, 0) is 30.7 Å². The Morgan fingerprint density at radius 1 is 1.21 bits per heavy atom. The quantitative estimate of drug-likeness (QED) is 0.431. The van der Waals surface area contributed by atoms with Crippen LogP contribution >= 0.6 is 11.8 Å². The maximum Gasteiger partial charge on any atom is 0.274 e. The van der Waals surface area contributed by atoms with Crippen LogP contribution in [0.4, 0.5) is 5.95 Å². The summed E-state index contributed by atoms with van der Waals surface area (Å²) in [6.45, 7) is 2.04. The van der Waals surface area contributed by atoms with Gasteiger partial charge in [-0.3, -0.25) is 14.3 Å². The standard InChI is InChI=1S/C18H16N8O2S/c1-9-5-14-22-23-18(25(14)13-7-11(28-2)3-4-12(9)13)29-8-10-6-15(27)26-17(20-10)21-16(19)24-26/h3-7H,8H2,1-2H3,(H3,19,20,21,24). The summed E-state index contributed by atoms with van der Waals surface area (Å²) in [6.07, 6.45) is 0. The van der Waals surface area contributed by atoms with Gasteiger partial charge in [-0.2, -0.15) is 9.50 Å². The molecule has 0 bridgehead atoms. The molecule has 146 valence electrons. The molecule has 0 radical (unpaired) electrons. The van der Waals surface area contributed by atoms with Gasteiger partial charge < -0.3 is 10.5 Å². The molecule has 5 aromatic rings. The second-order valence-corrected chi connectivity index (χ2v) is 7.45. The van der Waals surface area contributed by atoms with Gasteiger partial charge in [0, 0.05) is 23.3 Å². The van der Waals surface area contributed by atoms with Gasteiger partial charge in [0.25, 0.3) is 11.3 Å². The minimum atomic E-state index is -0.272. The summed E-state index contributed by atoms with van der Waals surface area (Å²) < 4.78 is 8.57. The van der Waals surface area contributed by atoms with Crippen molar-refractivity contribution < 1.29 is 4.74 Å². The first-order chi connectivity index (χ1) is 14.0. The van der Waals surface area contributed by atoms with Crippen LogP contribution in [0.5, 0.6) is 5.75 Å². The molecule has 0 saturated heterocycles. The molecule has 0 spiro atoms. The minimum absolute atomic E-state index is 0.138. The zero-order valence-electron chi connectivity index (χ0n) is 15.6. The van der Waals surface area contributed by atoms with Crippen LogP contribution in [0.25, 0.3) is 22.3 Å². The van der Waals surface area contributed by atoms with Gasteiger partial charge in [0.05, 0.1) is 18.3 Å². The fourth-order valence-electron chi connectivity index (χ4n) is 3.28. The van der Waals surface area contributed by atoms with Crippen LogP contribution in [0.2, 0.25) is 0 Å². The topological polar surface area (TPSA) is 128 Å². The zero-order chi connectivity index (χ0) is 20.1. The van der Waals surface area contributed by atoms with E-state index < -0.39 is 0 Å². The average Bonchev–Trinajstić information content (AvgIpc) is 3.29. The van der Waals surface area contributed by atoms with Crippen molar-refractivity contribution in [3.8, 4) is 5.75 Å². The molecule has 0 aliphatic heterocycles. The van der Waals surface area contributed by atoms with Crippen molar-refractivity contribution >= 4 is 40.0 Å². The molecule has 0 amide bonds. The lowest BCUT2D eigenvalue weighted by Crippen LogP contribution is -2.15. The van der Waals surface area contributed by atoms with Crippen molar-refractivity contribution in [3.63, 3.8) is 0 Å². The SMILES string of the molecule is COc1ccc2c(C)cc3nnc(SCc4cc(=O)n5[nH]c(N)nc5n4)n3c2c1. The number of aromatic nitrogens is 7. The summed E-state index contributed by atoms with van der Waals surface area (Å²) in [6, 6.07) is 9.36. The van der Waals surface area contributed by atoms with Crippen LogP contribution in [-0.2, 0) is 5.75 Å². The molecule has 11 heteroatoms. The number of rotatable bonds is 4. The van der Waals surface area contributed by atoms with Gasteiger partial charge in [0.15, 0.2) is 10.8 Å². The minimum Gasteiger partial charge on any atom is -0.497 e. The Balaban J connectivity index is 1.57. The Kier molecular flexibility index (Phi) is 3.91. The molecule has 0 unspecified atom stereocenters. The van der Waals surface area contributed by atoms with Crippen LogP contribution in [0.1, 0.15) is 11.3 Å². The first-order valence-corrected chi connectivity index (χ1v) is 9.71. The smallest absolute Gasteiger partial charge is 0.274 e. The van der Waals surface area contributed by atoms with Gasteiger partial charge >= 0.3 is 0 Å². The van der Waals surface area contributed by atoms with Crippen LogP contribution in [-0.4, -0.2) is 41.3 Å². The molecule has 0 fully saturated rings. The average molecular weight is 408 g/mol. The third-order valence-electron chi connectivity index (χ3n) is 4.62. The van der Waals surface area contributed by atoms with Crippen LogP contribution in [0.15, 0.2) is 40.3 Å². The van der Waals surface area contributed by atoms with Crippen LogP contribution < -0.4 is 16.0 Å². The number of hydrogen-bond donors (Lipinski definition) is 2. The van der Waals surface area contributed by atoms with E-state index in [1.165, 1.54) is 22.3 Å².